The van der Waals surface area contributed by atoms with Gasteiger partial charge in [0.1, 0.15) is 0 Å². The summed E-state index contributed by atoms with van der Waals surface area (Å²) < 4.78 is 0. The second-order valence-corrected chi connectivity index (χ2v) is 6.99. The molecular weight excluding hydrogens is 238 g/mol. The molecule has 1 nitrogen and oxygen atoms in total. The van der Waals surface area contributed by atoms with Gasteiger partial charge in [-0.05, 0) is 49.9 Å². The highest BCUT2D eigenvalue weighted by atomic mass is 32.2. The van der Waals surface area contributed by atoms with Crippen molar-refractivity contribution >= 4 is 11.8 Å². The Morgan fingerprint density at radius 1 is 1.28 bits per heavy atom. The van der Waals surface area contributed by atoms with Crippen molar-refractivity contribution in [3.63, 3.8) is 0 Å². The standard InChI is InChI=1S/C16H25NS/c1-13(2)12-17-10-6-5-8-15-11-14-7-3-4-9-16(14)18-15/h3-4,7,9,13,15,17H,5-6,8,10-12H2,1-2H3. The summed E-state index contributed by atoms with van der Waals surface area (Å²) in [5.74, 6) is 0.768. The summed E-state index contributed by atoms with van der Waals surface area (Å²) in [6.45, 7) is 6.87. The first-order valence-corrected chi connectivity index (χ1v) is 8.09. The summed E-state index contributed by atoms with van der Waals surface area (Å²) in [6, 6.07) is 8.87. The summed E-state index contributed by atoms with van der Waals surface area (Å²) >= 11 is 2.08. The van der Waals surface area contributed by atoms with Crippen LogP contribution in [0.4, 0.5) is 0 Å². The van der Waals surface area contributed by atoms with Gasteiger partial charge < -0.3 is 5.32 Å². The van der Waals surface area contributed by atoms with Crippen molar-refractivity contribution in [3.05, 3.63) is 29.8 Å². The van der Waals surface area contributed by atoms with Gasteiger partial charge in [-0.15, -0.1) is 11.8 Å². The van der Waals surface area contributed by atoms with E-state index in [4.69, 9.17) is 0 Å². The number of hydrogen-bond donors (Lipinski definition) is 1. The molecule has 0 saturated heterocycles. The molecule has 2 heteroatoms. The zero-order valence-corrected chi connectivity index (χ0v) is 12.4. The fraction of sp³-hybridized carbons (Fsp3) is 0.625. The third-order valence-corrected chi connectivity index (χ3v) is 4.78. The first-order valence-electron chi connectivity index (χ1n) is 7.21. The Morgan fingerprint density at radius 3 is 2.89 bits per heavy atom. The maximum atomic E-state index is 3.52. The van der Waals surface area contributed by atoms with Gasteiger partial charge in [0.15, 0.2) is 0 Å². The van der Waals surface area contributed by atoms with Crippen molar-refractivity contribution in [2.45, 2.75) is 49.7 Å². The average molecular weight is 263 g/mol. The lowest BCUT2D eigenvalue weighted by Crippen LogP contribution is -2.20. The fourth-order valence-electron chi connectivity index (χ4n) is 2.43. The Kier molecular flexibility index (Phi) is 5.58. The van der Waals surface area contributed by atoms with Crippen molar-refractivity contribution in [2.75, 3.05) is 13.1 Å². The summed E-state index contributed by atoms with van der Waals surface area (Å²) in [5.41, 5.74) is 1.56. The van der Waals surface area contributed by atoms with E-state index in [9.17, 15) is 0 Å². The van der Waals surface area contributed by atoms with Crippen LogP contribution in [0.2, 0.25) is 0 Å². The van der Waals surface area contributed by atoms with E-state index in [0.29, 0.717) is 0 Å². The van der Waals surface area contributed by atoms with Crippen molar-refractivity contribution in [1.29, 1.82) is 0 Å². The van der Waals surface area contributed by atoms with Crippen LogP contribution in [-0.4, -0.2) is 18.3 Å². The quantitative estimate of drug-likeness (QED) is 0.743. The maximum Gasteiger partial charge on any atom is 0.0135 e. The van der Waals surface area contributed by atoms with Crippen LogP contribution < -0.4 is 5.32 Å². The SMILES string of the molecule is CC(C)CNCCCCC1Cc2ccccc2S1. The van der Waals surface area contributed by atoms with Crippen LogP contribution in [0.5, 0.6) is 0 Å². The Morgan fingerprint density at radius 2 is 2.11 bits per heavy atom. The Bertz CT molecular complexity index is 337. The third-order valence-electron chi connectivity index (χ3n) is 3.40. The highest BCUT2D eigenvalue weighted by Gasteiger charge is 2.20. The van der Waals surface area contributed by atoms with E-state index in [-0.39, 0.29) is 0 Å². The minimum absolute atomic E-state index is 0.768. The minimum Gasteiger partial charge on any atom is -0.316 e. The highest BCUT2D eigenvalue weighted by molar-refractivity contribution is 8.00. The van der Waals surface area contributed by atoms with Gasteiger partial charge in [-0.25, -0.2) is 0 Å². The van der Waals surface area contributed by atoms with Gasteiger partial charge in [-0.1, -0.05) is 38.5 Å². The Balaban J connectivity index is 1.57. The maximum absolute atomic E-state index is 3.52. The van der Waals surface area contributed by atoms with Gasteiger partial charge in [0, 0.05) is 10.1 Å². The minimum atomic E-state index is 0.768. The molecule has 1 aliphatic rings. The Labute approximate surface area is 116 Å². The number of rotatable bonds is 7. The molecule has 0 saturated carbocycles. The molecule has 100 valence electrons. The summed E-state index contributed by atoms with van der Waals surface area (Å²) in [5, 5.41) is 4.35. The zero-order chi connectivity index (χ0) is 12.8. The van der Waals surface area contributed by atoms with Crippen LogP contribution in [0.3, 0.4) is 0 Å². The van der Waals surface area contributed by atoms with Gasteiger partial charge >= 0.3 is 0 Å². The highest BCUT2D eigenvalue weighted by Crippen LogP contribution is 2.38. The molecule has 1 heterocycles. The molecule has 0 aromatic heterocycles. The van der Waals surface area contributed by atoms with Gasteiger partial charge in [0.25, 0.3) is 0 Å². The molecule has 1 unspecified atom stereocenters. The number of fused-ring (bicyclic) bond motifs is 1. The van der Waals surface area contributed by atoms with E-state index in [0.717, 1.165) is 17.7 Å². The third kappa shape index (κ3) is 4.33. The fourth-order valence-corrected chi connectivity index (χ4v) is 3.79. The number of thioether (sulfide) groups is 1. The molecule has 0 bridgehead atoms. The molecular formula is C16H25NS. The molecule has 1 aromatic carbocycles. The van der Waals surface area contributed by atoms with E-state index < -0.39 is 0 Å². The monoisotopic (exact) mass is 263 g/mol. The summed E-state index contributed by atoms with van der Waals surface area (Å²) in [6.07, 6.45) is 5.32. The average Bonchev–Trinajstić information content (AvgIpc) is 2.75. The molecule has 1 N–H and O–H groups in total. The van der Waals surface area contributed by atoms with Crippen LogP contribution in [-0.2, 0) is 6.42 Å². The molecule has 1 aromatic rings. The van der Waals surface area contributed by atoms with Crippen molar-refractivity contribution in [3.8, 4) is 0 Å². The van der Waals surface area contributed by atoms with Crippen LogP contribution >= 0.6 is 11.8 Å². The van der Waals surface area contributed by atoms with E-state index in [1.54, 1.807) is 5.56 Å². The molecule has 18 heavy (non-hydrogen) atoms. The first-order chi connectivity index (χ1) is 8.75. The molecule has 1 aliphatic heterocycles. The molecule has 0 aliphatic carbocycles. The normalized spacial score (nSPS) is 18.3. The molecule has 0 spiro atoms. The van der Waals surface area contributed by atoms with Crippen LogP contribution in [0, 0.1) is 5.92 Å². The second-order valence-electron chi connectivity index (χ2n) is 5.65. The van der Waals surface area contributed by atoms with Gasteiger partial charge in [-0.2, -0.15) is 0 Å². The lowest BCUT2D eigenvalue weighted by molar-refractivity contribution is 0.528. The molecule has 0 amide bonds. The molecule has 0 fully saturated rings. The topological polar surface area (TPSA) is 12.0 Å². The number of benzene rings is 1. The van der Waals surface area contributed by atoms with E-state index in [2.05, 4.69) is 55.2 Å². The zero-order valence-electron chi connectivity index (χ0n) is 11.6. The molecule has 0 radical (unpaired) electrons. The van der Waals surface area contributed by atoms with Crippen LogP contribution in [0.1, 0.15) is 38.7 Å². The first kappa shape index (κ1) is 14.0. The van der Waals surface area contributed by atoms with Crippen molar-refractivity contribution in [1.82, 2.24) is 5.32 Å². The van der Waals surface area contributed by atoms with Crippen molar-refractivity contribution in [2.24, 2.45) is 5.92 Å². The van der Waals surface area contributed by atoms with E-state index in [1.165, 1.54) is 37.1 Å². The number of nitrogens with one attached hydrogen (secondary N) is 1. The van der Waals surface area contributed by atoms with Crippen LogP contribution in [0.15, 0.2) is 29.2 Å². The largest absolute Gasteiger partial charge is 0.316 e. The van der Waals surface area contributed by atoms with Gasteiger partial charge in [0.05, 0.1) is 0 Å². The predicted molar refractivity (Wildman–Crippen MR) is 81.3 cm³/mol. The molecule has 1 atom stereocenters. The lowest BCUT2D eigenvalue weighted by atomic mass is 10.1. The van der Waals surface area contributed by atoms with Gasteiger partial charge in [0.2, 0.25) is 0 Å². The smallest absolute Gasteiger partial charge is 0.0135 e. The van der Waals surface area contributed by atoms with Crippen LogP contribution in [0.25, 0.3) is 0 Å². The Hall–Kier alpha value is -0.470. The number of unbranched alkanes of at least 4 members (excludes halogenated alkanes) is 1. The van der Waals surface area contributed by atoms with Gasteiger partial charge in [-0.3, -0.25) is 0 Å². The number of hydrogen-bond acceptors (Lipinski definition) is 2. The summed E-state index contributed by atoms with van der Waals surface area (Å²) in [7, 11) is 0. The predicted octanol–water partition coefficient (Wildman–Crippen LogP) is 4.12. The van der Waals surface area contributed by atoms with E-state index >= 15 is 0 Å². The summed E-state index contributed by atoms with van der Waals surface area (Å²) in [4.78, 5) is 1.51. The van der Waals surface area contributed by atoms with Crippen molar-refractivity contribution < 1.29 is 0 Å². The second kappa shape index (κ2) is 7.20. The lowest BCUT2D eigenvalue weighted by Gasteiger charge is -2.09. The molecule has 2 rings (SSSR count). The van der Waals surface area contributed by atoms with E-state index in [1.807, 2.05) is 0 Å².